The van der Waals surface area contributed by atoms with Crippen LogP contribution in [0.4, 0.5) is 10.5 Å². The number of rotatable bonds is 2. The average Bonchev–Trinajstić information content (AvgIpc) is 3.17. The molecular weight excluding hydrogens is 436 g/mol. The number of nitrogens with one attached hydrogen (secondary N) is 1. The number of amidine groups is 1. The van der Waals surface area contributed by atoms with Gasteiger partial charge in [-0.25, -0.2) is 9.79 Å². The van der Waals surface area contributed by atoms with Crippen molar-refractivity contribution in [1.29, 1.82) is 0 Å². The maximum atomic E-state index is 12.9. The van der Waals surface area contributed by atoms with Crippen molar-refractivity contribution >= 4 is 17.6 Å². The second-order valence-electron chi connectivity index (χ2n) is 9.48. The molecule has 3 aromatic rings. The van der Waals surface area contributed by atoms with Crippen LogP contribution in [0.3, 0.4) is 0 Å². The molecule has 180 valence electrons. The number of ether oxygens (including phenoxy) is 1. The van der Waals surface area contributed by atoms with Gasteiger partial charge in [-0.15, -0.1) is 0 Å². The molecule has 3 aromatic carbocycles. The summed E-state index contributed by atoms with van der Waals surface area (Å²) in [7, 11) is 0. The zero-order valence-corrected chi connectivity index (χ0v) is 20.7. The van der Waals surface area contributed by atoms with Crippen LogP contribution in [0.25, 0.3) is 0 Å². The van der Waals surface area contributed by atoms with Gasteiger partial charge in [-0.1, -0.05) is 47.5 Å². The van der Waals surface area contributed by atoms with Crippen molar-refractivity contribution in [2.45, 2.75) is 33.7 Å². The lowest BCUT2D eigenvalue weighted by atomic mass is 10.1. The molecule has 5 rings (SSSR count). The highest BCUT2D eigenvalue weighted by atomic mass is 16.5. The Balaban J connectivity index is 1.35. The fourth-order valence-corrected chi connectivity index (χ4v) is 4.68. The van der Waals surface area contributed by atoms with Crippen molar-refractivity contribution in [1.82, 2.24) is 15.1 Å². The Morgan fingerprint density at radius 3 is 2.54 bits per heavy atom. The first kappa shape index (κ1) is 23.0. The van der Waals surface area contributed by atoms with Crippen molar-refractivity contribution in [2.24, 2.45) is 4.99 Å². The Morgan fingerprint density at radius 2 is 1.69 bits per heavy atom. The fraction of sp³-hybridized carbons (Fsp3) is 0.310. The van der Waals surface area contributed by atoms with Crippen LogP contribution in [0.15, 0.2) is 65.7 Å². The molecule has 0 radical (unpaired) electrons. The minimum Gasteiger partial charge on any atom is -0.454 e. The fourth-order valence-electron chi connectivity index (χ4n) is 4.68. The van der Waals surface area contributed by atoms with Gasteiger partial charge in [0.1, 0.15) is 17.3 Å². The van der Waals surface area contributed by atoms with E-state index in [0.717, 1.165) is 64.8 Å². The topological polar surface area (TPSA) is 57.2 Å². The highest BCUT2D eigenvalue weighted by Crippen LogP contribution is 2.39. The zero-order valence-electron chi connectivity index (χ0n) is 20.7. The summed E-state index contributed by atoms with van der Waals surface area (Å²) in [6.45, 7) is 9.65. The number of aryl methyl sites for hydroxylation is 3. The number of carbonyl (C=O) groups excluding carboxylic acids is 1. The van der Waals surface area contributed by atoms with Crippen molar-refractivity contribution in [3.8, 4) is 11.5 Å². The van der Waals surface area contributed by atoms with Crippen LogP contribution in [0.1, 0.15) is 34.2 Å². The average molecular weight is 469 g/mol. The van der Waals surface area contributed by atoms with E-state index in [1.54, 1.807) is 0 Å². The Morgan fingerprint density at radius 1 is 0.886 bits per heavy atom. The van der Waals surface area contributed by atoms with E-state index in [1.807, 2.05) is 35.2 Å². The summed E-state index contributed by atoms with van der Waals surface area (Å²) < 4.78 is 6.32. The van der Waals surface area contributed by atoms with Crippen LogP contribution in [0.5, 0.6) is 11.5 Å². The van der Waals surface area contributed by atoms with Crippen LogP contribution in [-0.4, -0.2) is 47.8 Å². The van der Waals surface area contributed by atoms with Gasteiger partial charge >= 0.3 is 6.03 Å². The highest BCUT2D eigenvalue weighted by Gasteiger charge is 2.26. The summed E-state index contributed by atoms with van der Waals surface area (Å²) in [4.78, 5) is 22.2. The summed E-state index contributed by atoms with van der Waals surface area (Å²) in [6.07, 6.45) is 0.875. The molecule has 2 amide bonds. The van der Waals surface area contributed by atoms with Crippen molar-refractivity contribution in [3.63, 3.8) is 0 Å². The van der Waals surface area contributed by atoms with Gasteiger partial charge in [-0.3, -0.25) is 0 Å². The van der Waals surface area contributed by atoms with Crippen LogP contribution in [0, 0.1) is 20.8 Å². The first-order valence-corrected chi connectivity index (χ1v) is 12.3. The van der Waals surface area contributed by atoms with Gasteiger partial charge in [0, 0.05) is 32.7 Å². The predicted molar refractivity (Wildman–Crippen MR) is 140 cm³/mol. The molecule has 2 heterocycles. The largest absolute Gasteiger partial charge is 0.454 e. The highest BCUT2D eigenvalue weighted by molar-refractivity contribution is 6.04. The first-order chi connectivity index (χ1) is 17.0. The number of hydrogen-bond donors (Lipinski definition) is 1. The maximum absolute atomic E-state index is 12.9. The molecule has 1 fully saturated rings. The number of urea groups is 1. The molecule has 0 aliphatic carbocycles. The van der Waals surface area contributed by atoms with E-state index in [1.165, 1.54) is 5.56 Å². The smallest absolute Gasteiger partial charge is 0.317 e. The normalized spacial score (nSPS) is 15.2. The third kappa shape index (κ3) is 5.16. The number of fused-ring (bicyclic) bond motifs is 2. The molecule has 1 saturated heterocycles. The van der Waals surface area contributed by atoms with E-state index in [0.29, 0.717) is 19.6 Å². The molecule has 0 aromatic heterocycles. The first-order valence-electron chi connectivity index (χ1n) is 12.3. The monoisotopic (exact) mass is 468 g/mol. The lowest BCUT2D eigenvalue weighted by Crippen LogP contribution is -2.42. The second-order valence-corrected chi connectivity index (χ2v) is 9.48. The lowest BCUT2D eigenvalue weighted by molar-refractivity contribution is 0.200. The van der Waals surface area contributed by atoms with Crippen molar-refractivity contribution in [2.75, 3.05) is 26.2 Å². The van der Waals surface area contributed by atoms with E-state index in [4.69, 9.17) is 9.73 Å². The number of nitrogens with zero attached hydrogens (tertiary/aromatic N) is 3. The summed E-state index contributed by atoms with van der Waals surface area (Å²) in [5, 5.41) is 3.09. The molecular formula is C29H32N4O2. The Labute approximate surface area is 207 Å². The summed E-state index contributed by atoms with van der Waals surface area (Å²) in [5.41, 5.74) is 6.44. The maximum Gasteiger partial charge on any atom is 0.317 e. The predicted octanol–water partition coefficient (Wildman–Crippen LogP) is 5.71. The third-order valence-corrected chi connectivity index (χ3v) is 6.55. The molecule has 6 nitrogen and oxygen atoms in total. The number of aliphatic imine (C=N–C) groups is 1. The summed E-state index contributed by atoms with van der Waals surface area (Å²) in [6, 6.07) is 20.6. The molecule has 2 aliphatic rings. The molecule has 0 atom stereocenters. The van der Waals surface area contributed by atoms with Crippen molar-refractivity contribution in [3.05, 3.63) is 88.5 Å². The number of benzene rings is 3. The minimum absolute atomic E-state index is 0.0171. The van der Waals surface area contributed by atoms with Crippen molar-refractivity contribution < 1.29 is 9.53 Å². The Bertz CT molecular complexity index is 1280. The van der Waals surface area contributed by atoms with Gasteiger partial charge < -0.3 is 19.9 Å². The van der Waals surface area contributed by atoms with Gasteiger partial charge in [0.2, 0.25) is 0 Å². The second kappa shape index (κ2) is 9.82. The molecule has 0 unspecified atom stereocenters. The number of hydrogen-bond acceptors (Lipinski definition) is 4. The van der Waals surface area contributed by atoms with E-state index in [2.05, 4.69) is 61.3 Å². The molecule has 1 N–H and O–H groups in total. The SMILES string of the molecule is Cc1cccc(CNC(=O)N2CCCN(C3=Nc4ccc(C)cc4Oc4ccc(C)cc43)CC2)c1. The Hall–Kier alpha value is -3.80. The molecule has 6 heteroatoms. The third-order valence-electron chi connectivity index (χ3n) is 6.55. The van der Waals surface area contributed by atoms with Gasteiger partial charge in [0.15, 0.2) is 5.75 Å². The molecule has 2 aliphatic heterocycles. The molecule has 0 saturated carbocycles. The Kier molecular flexibility index (Phi) is 6.45. The molecule has 0 spiro atoms. The van der Waals surface area contributed by atoms with Crippen LogP contribution in [0.2, 0.25) is 0 Å². The quantitative estimate of drug-likeness (QED) is 0.524. The van der Waals surface area contributed by atoms with E-state index < -0.39 is 0 Å². The number of amides is 2. The minimum atomic E-state index is -0.0171. The van der Waals surface area contributed by atoms with Crippen LogP contribution in [-0.2, 0) is 6.54 Å². The van der Waals surface area contributed by atoms with Gasteiger partial charge in [-0.05, 0) is 62.6 Å². The summed E-state index contributed by atoms with van der Waals surface area (Å²) in [5.74, 6) is 2.50. The molecule has 35 heavy (non-hydrogen) atoms. The lowest BCUT2D eigenvalue weighted by Gasteiger charge is -2.25. The van der Waals surface area contributed by atoms with Crippen LogP contribution < -0.4 is 10.1 Å². The zero-order chi connectivity index (χ0) is 24.4. The molecule has 0 bridgehead atoms. The summed E-state index contributed by atoms with van der Waals surface area (Å²) >= 11 is 0. The van der Waals surface area contributed by atoms with E-state index in [-0.39, 0.29) is 6.03 Å². The van der Waals surface area contributed by atoms with Gasteiger partial charge in [-0.2, -0.15) is 0 Å². The van der Waals surface area contributed by atoms with E-state index >= 15 is 0 Å². The van der Waals surface area contributed by atoms with Gasteiger partial charge in [0.05, 0.1) is 5.56 Å². The van der Waals surface area contributed by atoms with Crippen LogP contribution >= 0.6 is 0 Å². The standard InChI is InChI=1S/C29H32N4O2/c1-20-6-4-7-23(16-20)19-30-29(34)33-13-5-12-32(14-15-33)28-24-17-21(2)9-11-26(24)35-27-18-22(3)8-10-25(27)31-28/h4,6-11,16-18H,5,12-15,19H2,1-3H3,(H,30,34). The number of carbonyl (C=O) groups is 1. The van der Waals surface area contributed by atoms with Gasteiger partial charge in [0.25, 0.3) is 0 Å². The van der Waals surface area contributed by atoms with E-state index in [9.17, 15) is 4.79 Å².